The van der Waals surface area contributed by atoms with E-state index in [2.05, 4.69) is 24.7 Å². The van der Waals surface area contributed by atoms with Crippen LogP contribution in [-0.2, 0) is 0 Å². The van der Waals surface area contributed by atoms with Crippen LogP contribution in [0.25, 0.3) is 0 Å². The average molecular weight is 264 g/mol. The molecular weight excluding hydrogens is 244 g/mol. The normalized spacial score (nSPS) is 12.2. The van der Waals surface area contributed by atoms with E-state index in [1.807, 2.05) is 60.4 Å². The summed E-state index contributed by atoms with van der Waals surface area (Å²) in [4.78, 5) is 6.29. The standard InChI is InChI=1S/C18H20N2/c1-5-9-15-17(6-2)20(8-4)18(19-7-3)16-13-11-10-12-14-16/h5-15H,1,3-4H2,2H3/b15-9-,17-6+,19-18-. The van der Waals surface area contributed by atoms with Gasteiger partial charge in [-0.25, -0.2) is 4.99 Å². The first-order valence-corrected chi connectivity index (χ1v) is 6.39. The van der Waals surface area contributed by atoms with E-state index in [1.165, 1.54) is 6.20 Å². The van der Waals surface area contributed by atoms with Crippen molar-refractivity contribution < 1.29 is 0 Å². The fourth-order valence-corrected chi connectivity index (χ4v) is 1.75. The van der Waals surface area contributed by atoms with Gasteiger partial charge in [0.25, 0.3) is 0 Å². The quantitative estimate of drug-likeness (QED) is 0.414. The Kier molecular flexibility index (Phi) is 6.55. The molecule has 2 heteroatoms. The molecule has 0 amide bonds. The molecule has 0 fully saturated rings. The molecule has 0 saturated carbocycles. The van der Waals surface area contributed by atoms with Gasteiger partial charge in [-0.05, 0) is 13.0 Å². The zero-order valence-corrected chi connectivity index (χ0v) is 11.9. The molecule has 1 rings (SSSR count). The number of rotatable bonds is 6. The van der Waals surface area contributed by atoms with E-state index in [0.29, 0.717) is 0 Å². The van der Waals surface area contributed by atoms with Gasteiger partial charge in [-0.3, -0.25) is 0 Å². The van der Waals surface area contributed by atoms with Crippen molar-refractivity contribution in [2.75, 3.05) is 0 Å². The Morgan fingerprint density at radius 3 is 2.35 bits per heavy atom. The summed E-state index contributed by atoms with van der Waals surface area (Å²) in [5, 5.41) is 0. The van der Waals surface area contributed by atoms with E-state index >= 15 is 0 Å². The number of nitrogens with zero attached hydrogens (tertiary/aromatic N) is 2. The molecule has 0 unspecified atom stereocenters. The van der Waals surface area contributed by atoms with Gasteiger partial charge in [-0.1, -0.05) is 68.3 Å². The topological polar surface area (TPSA) is 15.6 Å². The lowest BCUT2D eigenvalue weighted by Gasteiger charge is -2.23. The molecule has 20 heavy (non-hydrogen) atoms. The van der Waals surface area contributed by atoms with E-state index in [0.717, 1.165) is 17.1 Å². The van der Waals surface area contributed by atoms with Gasteiger partial charge in [-0.15, -0.1) is 0 Å². The smallest absolute Gasteiger partial charge is 0.144 e. The second-order valence-corrected chi connectivity index (χ2v) is 3.86. The lowest BCUT2D eigenvalue weighted by molar-refractivity contribution is 0.714. The lowest BCUT2D eigenvalue weighted by atomic mass is 10.1. The zero-order chi connectivity index (χ0) is 14.8. The van der Waals surface area contributed by atoms with Gasteiger partial charge >= 0.3 is 0 Å². The van der Waals surface area contributed by atoms with E-state index in [9.17, 15) is 0 Å². The van der Waals surface area contributed by atoms with Crippen LogP contribution in [0.2, 0.25) is 0 Å². The number of aliphatic imine (C=N–C) groups is 1. The molecular formula is C18H20N2. The molecule has 0 spiro atoms. The molecule has 1 aromatic rings. The first-order chi connectivity index (χ1) is 9.78. The average Bonchev–Trinajstić information content (AvgIpc) is 2.50. The summed E-state index contributed by atoms with van der Waals surface area (Å²) in [6.07, 6.45) is 10.8. The molecule has 0 heterocycles. The van der Waals surface area contributed by atoms with Crippen LogP contribution < -0.4 is 0 Å². The van der Waals surface area contributed by atoms with Crippen molar-refractivity contribution in [3.63, 3.8) is 0 Å². The monoisotopic (exact) mass is 264 g/mol. The highest BCUT2D eigenvalue weighted by atomic mass is 15.2. The van der Waals surface area contributed by atoms with E-state index < -0.39 is 0 Å². The number of benzene rings is 1. The van der Waals surface area contributed by atoms with E-state index in [1.54, 1.807) is 12.3 Å². The van der Waals surface area contributed by atoms with Crippen LogP contribution in [0.5, 0.6) is 0 Å². The van der Waals surface area contributed by atoms with Crippen LogP contribution in [0, 0.1) is 0 Å². The maximum absolute atomic E-state index is 4.38. The minimum absolute atomic E-state index is 0.775. The number of amidine groups is 1. The molecule has 0 aliphatic carbocycles. The van der Waals surface area contributed by atoms with Crippen molar-refractivity contribution in [3.8, 4) is 0 Å². The van der Waals surface area contributed by atoms with E-state index in [-0.39, 0.29) is 0 Å². The third-order valence-corrected chi connectivity index (χ3v) is 2.63. The molecule has 0 saturated heterocycles. The van der Waals surface area contributed by atoms with Crippen LogP contribution >= 0.6 is 0 Å². The van der Waals surface area contributed by atoms with Gasteiger partial charge in [0.15, 0.2) is 0 Å². The molecule has 0 N–H and O–H groups in total. The molecule has 2 nitrogen and oxygen atoms in total. The lowest BCUT2D eigenvalue weighted by Crippen LogP contribution is -2.25. The fourth-order valence-electron chi connectivity index (χ4n) is 1.75. The summed E-state index contributed by atoms with van der Waals surface area (Å²) in [6, 6.07) is 9.93. The first-order valence-electron chi connectivity index (χ1n) is 6.39. The Hall–Kier alpha value is -2.61. The van der Waals surface area contributed by atoms with Gasteiger partial charge in [0.05, 0.1) is 0 Å². The minimum atomic E-state index is 0.775. The molecule has 0 radical (unpaired) electrons. The van der Waals surface area contributed by atoms with Gasteiger partial charge in [0.1, 0.15) is 5.84 Å². The number of hydrogen-bond donors (Lipinski definition) is 0. The van der Waals surface area contributed by atoms with E-state index in [4.69, 9.17) is 0 Å². The third-order valence-electron chi connectivity index (χ3n) is 2.63. The van der Waals surface area contributed by atoms with Gasteiger partial charge in [0.2, 0.25) is 0 Å². The summed E-state index contributed by atoms with van der Waals surface area (Å²) in [7, 11) is 0. The molecule has 0 atom stereocenters. The number of hydrogen-bond acceptors (Lipinski definition) is 1. The highest BCUT2D eigenvalue weighted by molar-refractivity contribution is 6.01. The van der Waals surface area contributed by atoms with Crippen LogP contribution in [-0.4, -0.2) is 10.7 Å². The summed E-state index contributed by atoms with van der Waals surface area (Å²) in [5.74, 6) is 0.775. The molecule has 102 valence electrons. The van der Waals surface area contributed by atoms with Crippen molar-refractivity contribution in [2.24, 2.45) is 4.99 Å². The first kappa shape index (κ1) is 15.4. The predicted molar refractivity (Wildman–Crippen MR) is 88.3 cm³/mol. The predicted octanol–water partition coefficient (Wildman–Crippen LogP) is 4.67. The number of allylic oxidation sites excluding steroid dienone is 4. The van der Waals surface area contributed by atoms with Crippen molar-refractivity contribution in [1.82, 2.24) is 4.90 Å². The zero-order valence-electron chi connectivity index (χ0n) is 11.9. The third kappa shape index (κ3) is 3.95. The summed E-state index contributed by atoms with van der Waals surface area (Å²) in [5.41, 5.74) is 1.96. The molecule has 0 aliphatic rings. The SMILES string of the molecule is C=C/C=C\C(=C/C)N(C=C)/C(=N\C=C)c1ccccc1. The Balaban J connectivity index is 3.27. The molecule has 0 aliphatic heterocycles. The summed E-state index contributed by atoms with van der Waals surface area (Å²) < 4.78 is 0. The fraction of sp³-hybridized carbons (Fsp3) is 0.0556. The Labute approximate surface area is 121 Å². The Morgan fingerprint density at radius 1 is 1.15 bits per heavy atom. The summed E-state index contributed by atoms with van der Waals surface area (Å²) in [6.45, 7) is 13.2. The van der Waals surface area contributed by atoms with Crippen molar-refractivity contribution in [2.45, 2.75) is 6.92 Å². The van der Waals surface area contributed by atoms with Gasteiger partial charge in [0, 0.05) is 23.7 Å². The van der Waals surface area contributed by atoms with Crippen molar-refractivity contribution in [3.05, 3.63) is 98.0 Å². The van der Waals surface area contributed by atoms with Crippen molar-refractivity contribution in [1.29, 1.82) is 0 Å². The maximum atomic E-state index is 4.38. The maximum Gasteiger partial charge on any atom is 0.144 e. The second-order valence-electron chi connectivity index (χ2n) is 3.86. The van der Waals surface area contributed by atoms with Crippen LogP contribution in [0.1, 0.15) is 12.5 Å². The van der Waals surface area contributed by atoms with Crippen LogP contribution in [0.3, 0.4) is 0 Å². The van der Waals surface area contributed by atoms with Crippen LogP contribution in [0.15, 0.2) is 97.5 Å². The molecule has 1 aromatic carbocycles. The molecule has 0 aromatic heterocycles. The molecule has 0 bridgehead atoms. The van der Waals surface area contributed by atoms with Crippen LogP contribution in [0.4, 0.5) is 0 Å². The highest BCUT2D eigenvalue weighted by Gasteiger charge is 2.12. The highest BCUT2D eigenvalue weighted by Crippen LogP contribution is 2.14. The Bertz CT molecular complexity index is 548. The van der Waals surface area contributed by atoms with Gasteiger partial charge in [-0.2, -0.15) is 0 Å². The summed E-state index contributed by atoms with van der Waals surface area (Å²) >= 11 is 0. The van der Waals surface area contributed by atoms with Crippen molar-refractivity contribution >= 4 is 5.84 Å². The second kappa shape index (κ2) is 8.48. The largest absolute Gasteiger partial charge is 0.302 e. The Morgan fingerprint density at radius 2 is 1.85 bits per heavy atom. The minimum Gasteiger partial charge on any atom is -0.302 e. The van der Waals surface area contributed by atoms with Gasteiger partial charge < -0.3 is 4.90 Å².